The zero-order valence-electron chi connectivity index (χ0n) is 10.8. The van der Waals surface area contributed by atoms with Crippen LogP contribution in [0.1, 0.15) is 32.6 Å². The quantitative estimate of drug-likeness (QED) is 0.753. The van der Waals surface area contributed by atoms with Gasteiger partial charge in [0.05, 0.1) is 30.3 Å². The third-order valence-electron chi connectivity index (χ3n) is 4.05. The molecule has 0 bridgehead atoms. The molecule has 0 aromatic carbocycles. The zero-order chi connectivity index (χ0) is 12.4. The Hall–Kier alpha value is -0.450. The van der Waals surface area contributed by atoms with E-state index in [0.29, 0.717) is 12.2 Å². The van der Waals surface area contributed by atoms with E-state index in [2.05, 4.69) is 6.92 Å². The molecule has 5 atom stereocenters. The second kappa shape index (κ2) is 5.46. The van der Waals surface area contributed by atoms with Crippen molar-refractivity contribution >= 4 is 5.78 Å². The summed E-state index contributed by atoms with van der Waals surface area (Å²) in [5.41, 5.74) is 0. The molecule has 0 N–H and O–H groups in total. The van der Waals surface area contributed by atoms with Crippen LogP contribution in [0.15, 0.2) is 0 Å². The fourth-order valence-electron chi connectivity index (χ4n) is 3.03. The Labute approximate surface area is 103 Å². The Balaban J connectivity index is 2.12. The van der Waals surface area contributed by atoms with Gasteiger partial charge in [-0.3, -0.25) is 4.79 Å². The van der Waals surface area contributed by atoms with E-state index < -0.39 is 0 Å². The van der Waals surface area contributed by atoms with Crippen LogP contribution in [0, 0.1) is 5.92 Å². The molecule has 1 saturated heterocycles. The molecular formula is C13H22O4. The fourth-order valence-corrected chi connectivity index (χ4v) is 3.03. The fraction of sp³-hybridized carbons (Fsp3) is 0.923. The monoisotopic (exact) mass is 242 g/mol. The smallest absolute Gasteiger partial charge is 0.143 e. The summed E-state index contributed by atoms with van der Waals surface area (Å²) in [5.74, 6) is 0.212. The van der Waals surface area contributed by atoms with Crippen molar-refractivity contribution in [2.45, 2.75) is 57.0 Å². The molecule has 0 aromatic heterocycles. The Bertz CT molecular complexity index is 277. The molecule has 17 heavy (non-hydrogen) atoms. The van der Waals surface area contributed by atoms with Crippen molar-refractivity contribution in [2.24, 2.45) is 5.92 Å². The van der Waals surface area contributed by atoms with E-state index in [0.717, 1.165) is 19.3 Å². The maximum absolute atomic E-state index is 12.2. The first-order chi connectivity index (χ1) is 8.19. The largest absolute Gasteiger partial charge is 0.381 e. The summed E-state index contributed by atoms with van der Waals surface area (Å²) < 4.78 is 16.8. The van der Waals surface area contributed by atoms with Crippen molar-refractivity contribution in [3.8, 4) is 0 Å². The Morgan fingerprint density at radius 2 is 2.06 bits per heavy atom. The maximum atomic E-state index is 12.2. The van der Waals surface area contributed by atoms with Gasteiger partial charge in [0.15, 0.2) is 0 Å². The van der Waals surface area contributed by atoms with E-state index >= 15 is 0 Å². The lowest BCUT2D eigenvalue weighted by Crippen LogP contribution is -2.53. The SMILES string of the molecule is CC[C@@H]1CC(=O)C2C(OC)CC(OC)CC2O1. The van der Waals surface area contributed by atoms with Gasteiger partial charge in [-0.2, -0.15) is 0 Å². The molecule has 0 aromatic rings. The van der Waals surface area contributed by atoms with Gasteiger partial charge >= 0.3 is 0 Å². The Kier molecular flexibility index (Phi) is 4.17. The number of Topliss-reactive ketones (excluding diaryl/α,β-unsaturated/α-hetero) is 1. The summed E-state index contributed by atoms with van der Waals surface area (Å²) in [7, 11) is 3.37. The second-order valence-corrected chi connectivity index (χ2v) is 5.00. The molecule has 4 nitrogen and oxygen atoms in total. The number of hydrogen-bond acceptors (Lipinski definition) is 4. The normalized spacial score (nSPS) is 42.3. The van der Waals surface area contributed by atoms with Gasteiger partial charge in [-0.25, -0.2) is 0 Å². The summed E-state index contributed by atoms with van der Waals surface area (Å²) in [6.45, 7) is 2.06. The van der Waals surface area contributed by atoms with Gasteiger partial charge in [-0.05, 0) is 6.42 Å². The molecular weight excluding hydrogens is 220 g/mol. The predicted octanol–water partition coefficient (Wildman–Crippen LogP) is 1.56. The van der Waals surface area contributed by atoms with Crippen LogP contribution >= 0.6 is 0 Å². The van der Waals surface area contributed by atoms with Crippen LogP contribution in [0.25, 0.3) is 0 Å². The first-order valence-corrected chi connectivity index (χ1v) is 6.43. The van der Waals surface area contributed by atoms with Gasteiger partial charge in [0, 0.05) is 33.5 Å². The molecule has 98 valence electrons. The van der Waals surface area contributed by atoms with Crippen LogP contribution in [0.4, 0.5) is 0 Å². The van der Waals surface area contributed by atoms with Gasteiger partial charge in [0.25, 0.3) is 0 Å². The van der Waals surface area contributed by atoms with E-state index in [4.69, 9.17) is 14.2 Å². The van der Waals surface area contributed by atoms with E-state index in [1.807, 2.05) is 0 Å². The van der Waals surface area contributed by atoms with Crippen molar-refractivity contribution < 1.29 is 19.0 Å². The van der Waals surface area contributed by atoms with Crippen LogP contribution in [-0.4, -0.2) is 44.4 Å². The zero-order valence-corrected chi connectivity index (χ0v) is 10.8. The number of rotatable bonds is 3. The van der Waals surface area contributed by atoms with Crippen molar-refractivity contribution in [3.05, 3.63) is 0 Å². The number of ketones is 1. The average molecular weight is 242 g/mol. The highest BCUT2D eigenvalue weighted by atomic mass is 16.5. The molecule has 1 saturated carbocycles. The third-order valence-corrected chi connectivity index (χ3v) is 4.05. The molecule has 1 heterocycles. The van der Waals surface area contributed by atoms with Crippen LogP contribution in [0.2, 0.25) is 0 Å². The van der Waals surface area contributed by atoms with Crippen LogP contribution in [0.5, 0.6) is 0 Å². The number of carbonyl (C=O) groups is 1. The van der Waals surface area contributed by atoms with Crippen molar-refractivity contribution in [1.29, 1.82) is 0 Å². The van der Waals surface area contributed by atoms with Crippen LogP contribution < -0.4 is 0 Å². The van der Waals surface area contributed by atoms with Crippen molar-refractivity contribution in [2.75, 3.05) is 14.2 Å². The molecule has 1 aliphatic heterocycles. The summed E-state index contributed by atoms with van der Waals surface area (Å²) in [6, 6.07) is 0. The highest BCUT2D eigenvalue weighted by molar-refractivity contribution is 5.83. The number of fused-ring (bicyclic) bond motifs is 1. The van der Waals surface area contributed by atoms with Crippen LogP contribution in [0.3, 0.4) is 0 Å². The third kappa shape index (κ3) is 2.54. The minimum atomic E-state index is -0.0887. The van der Waals surface area contributed by atoms with Crippen molar-refractivity contribution in [3.63, 3.8) is 0 Å². The topological polar surface area (TPSA) is 44.8 Å². The molecule has 2 aliphatic rings. The van der Waals surface area contributed by atoms with Gasteiger partial charge in [0.2, 0.25) is 0 Å². The molecule has 2 fully saturated rings. The summed E-state index contributed by atoms with van der Waals surface area (Å²) in [6.07, 6.45) is 3.18. The first kappa shape index (κ1) is 13.0. The summed E-state index contributed by atoms with van der Waals surface area (Å²) in [4.78, 5) is 12.2. The lowest BCUT2D eigenvalue weighted by molar-refractivity contribution is -0.178. The minimum absolute atomic E-state index is 0.0233. The summed E-state index contributed by atoms with van der Waals surface area (Å²) >= 11 is 0. The highest BCUT2D eigenvalue weighted by Crippen LogP contribution is 2.37. The van der Waals surface area contributed by atoms with Gasteiger partial charge < -0.3 is 14.2 Å². The lowest BCUT2D eigenvalue weighted by atomic mass is 9.76. The molecule has 4 heteroatoms. The molecule has 0 spiro atoms. The van der Waals surface area contributed by atoms with E-state index in [1.165, 1.54) is 0 Å². The molecule has 1 aliphatic carbocycles. The average Bonchev–Trinajstić information content (AvgIpc) is 2.36. The minimum Gasteiger partial charge on any atom is -0.381 e. The van der Waals surface area contributed by atoms with Crippen LogP contribution in [-0.2, 0) is 19.0 Å². The number of methoxy groups -OCH3 is 2. The van der Waals surface area contributed by atoms with E-state index in [9.17, 15) is 4.79 Å². The molecule has 0 amide bonds. The Morgan fingerprint density at radius 3 is 2.65 bits per heavy atom. The lowest BCUT2D eigenvalue weighted by Gasteiger charge is -2.44. The highest BCUT2D eigenvalue weighted by Gasteiger charge is 2.46. The van der Waals surface area contributed by atoms with E-state index in [1.54, 1.807) is 14.2 Å². The molecule has 2 rings (SSSR count). The number of carbonyl (C=O) groups excluding carboxylic acids is 1. The first-order valence-electron chi connectivity index (χ1n) is 6.43. The number of hydrogen-bond donors (Lipinski definition) is 0. The Morgan fingerprint density at radius 1 is 1.29 bits per heavy atom. The molecule has 4 unspecified atom stereocenters. The predicted molar refractivity (Wildman–Crippen MR) is 62.9 cm³/mol. The second-order valence-electron chi connectivity index (χ2n) is 5.00. The maximum Gasteiger partial charge on any atom is 0.143 e. The van der Waals surface area contributed by atoms with E-state index in [-0.39, 0.29) is 30.3 Å². The molecule has 0 radical (unpaired) electrons. The number of ether oxygens (including phenoxy) is 3. The standard InChI is InChI=1S/C13H22O4/c1-4-8-5-10(14)13-11(16-3)6-9(15-2)7-12(13)17-8/h8-9,11-13H,4-7H2,1-3H3/t8-,9?,11?,12?,13?/m1/s1. The summed E-state index contributed by atoms with van der Waals surface area (Å²) in [5, 5.41) is 0. The van der Waals surface area contributed by atoms with Gasteiger partial charge in [-0.15, -0.1) is 0 Å². The van der Waals surface area contributed by atoms with Crippen molar-refractivity contribution in [1.82, 2.24) is 0 Å². The van der Waals surface area contributed by atoms with Gasteiger partial charge in [0.1, 0.15) is 5.78 Å². The van der Waals surface area contributed by atoms with Gasteiger partial charge in [-0.1, -0.05) is 6.92 Å².